The Morgan fingerprint density at radius 2 is 2.05 bits per heavy atom. The van der Waals surface area contributed by atoms with E-state index in [0.717, 1.165) is 25.9 Å². The van der Waals surface area contributed by atoms with Gasteiger partial charge in [-0.2, -0.15) is 0 Å². The highest BCUT2D eigenvalue weighted by Gasteiger charge is 2.18. The van der Waals surface area contributed by atoms with Gasteiger partial charge in [0.1, 0.15) is 0 Å². The molecule has 0 unspecified atom stereocenters. The fraction of sp³-hybridized carbons (Fsp3) is 0.438. The topological polar surface area (TPSA) is 32.3 Å². The third-order valence-electron chi connectivity index (χ3n) is 3.21. The van der Waals surface area contributed by atoms with E-state index in [1.807, 2.05) is 11.0 Å². The maximum absolute atomic E-state index is 11.3. The molecule has 1 aliphatic rings. The summed E-state index contributed by atoms with van der Waals surface area (Å²) >= 11 is 0. The van der Waals surface area contributed by atoms with Crippen molar-refractivity contribution in [1.29, 1.82) is 0 Å². The van der Waals surface area contributed by atoms with Crippen molar-refractivity contribution in [2.45, 2.75) is 19.3 Å². The number of rotatable bonds is 5. The van der Waals surface area contributed by atoms with E-state index in [4.69, 9.17) is 0 Å². The molecule has 0 aromatic heterocycles. The van der Waals surface area contributed by atoms with Crippen LogP contribution in [0.5, 0.6) is 0 Å². The average Bonchev–Trinajstić information content (AvgIpc) is 2.84. The quantitative estimate of drug-likeness (QED) is 0.639. The first kappa shape index (κ1) is 13.6. The van der Waals surface area contributed by atoms with Crippen LogP contribution in [0.2, 0.25) is 0 Å². The third kappa shape index (κ3) is 4.76. The normalized spacial score (nSPS) is 14.3. The predicted octanol–water partition coefficient (Wildman–Crippen LogP) is 1.44. The molecule has 19 heavy (non-hydrogen) atoms. The van der Waals surface area contributed by atoms with Crippen molar-refractivity contribution in [3.63, 3.8) is 0 Å². The van der Waals surface area contributed by atoms with Gasteiger partial charge in [-0.05, 0) is 18.4 Å². The highest BCUT2D eigenvalue weighted by atomic mass is 16.2. The summed E-state index contributed by atoms with van der Waals surface area (Å²) in [5, 5.41) is 3.29. The summed E-state index contributed by atoms with van der Waals surface area (Å²) < 4.78 is 0. The number of amides is 1. The van der Waals surface area contributed by atoms with E-state index >= 15 is 0 Å². The Kier molecular flexibility index (Phi) is 5.46. The molecule has 0 atom stereocenters. The lowest BCUT2D eigenvalue weighted by molar-refractivity contribution is -0.127. The first-order valence-electron chi connectivity index (χ1n) is 6.84. The molecular formula is C16H20N2O. The van der Waals surface area contributed by atoms with E-state index in [1.165, 1.54) is 5.56 Å². The molecule has 2 rings (SSSR count). The van der Waals surface area contributed by atoms with Gasteiger partial charge in [0.15, 0.2) is 0 Å². The van der Waals surface area contributed by atoms with Crippen molar-refractivity contribution in [1.82, 2.24) is 10.2 Å². The monoisotopic (exact) mass is 256 g/mol. The van der Waals surface area contributed by atoms with Gasteiger partial charge in [-0.15, -0.1) is 0 Å². The summed E-state index contributed by atoms with van der Waals surface area (Å²) in [6.07, 6.45) is 2.69. The molecule has 0 spiro atoms. The largest absolute Gasteiger partial charge is 0.332 e. The van der Waals surface area contributed by atoms with Crippen LogP contribution in [0.3, 0.4) is 0 Å². The zero-order chi connectivity index (χ0) is 13.3. The van der Waals surface area contributed by atoms with Crippen LogP contribution in [0, 0.1) is 11.8 Å². The number of carbonyl (C=O) groups excluding carboxylic acids is 1. The molecule has 0 aliphatic carbocycles. The minimum atomic E-state index is 0.242. The number of hydrogen-bond acceptors (Lipinski definition) is 2. The smallest absolute Gasteiger partial charge is 0.223 e. The molecule has 3 heteroatoms. The van der Waals surface area contributed by atoms with E-state index in [9.17, 15) is 4.79 Å². The maximum Gasteiger partial charge on any atom is 0.223 e. The highest BCUT2D eigenvalue weighted by Crippen LogP contribution is 2.07. The van der Waals surface area contributed by atoms with Crippen molar-refractivity contribution >= 4 is 5.91 Å². The van der Waals surface area contributed by atoms with Gasteiger partial charge in [0.2, 0.25) is 5.91 Å². The number of carbonyl (C=O) groups is 1. The Bertz CT molecular complexity index is 459. The molecule has 1 heterocycles. The molecule has 1 aromatic rings. The molecule has 0 radical (unpaired) electrons. The minimum absolute atomic E-state index is 0.242. The fourth-order valence-electron chi connectivity index (χ4n) is 2.11. The van der Waals surface area contributed by atoms with Crippen LogP contribution in [0.25, 0.3) is 0 Å². The zero-order valence-corrected chi connectivity index (χ0v) is 11.2. The van der Waals surface area contributed by atoms with Gasteiger partial charge >= 0.3 is 0 Å². The SMILES string of the molecule is O=C1CCCN1CC#CCNCCc1ccccc1. The van der Waals surface area contributed by atoms with Crippen LogP contribution in [0.4, 0.5) is 0 Å². The lowest BCUT2D eigenvalue weighted by Gasteiger charge is -2.09. The second-order valence-electron chi connectivity index (χ2n) is 4.68. The second-order valence-corrected chi connectivity index (χ2v) is 4.68. The fourth-order valence-corrected chi connectivity index (χ4v) is 2.11. The van der Waals surface area contributed by atoms with Crippen LogP contribution < -0.4 is 5.32 Å². The number of likely N-dealkylation sites (tertiary alicyclic amines) is 1. The van der Waals surface area contributed by atoms with Gasteiger partial charge in [-0.3, -0.25) is 4.79 Å². The maximum atomic E-state index is 11.3. The van der Waals surface area contributed by atoms with Gasteiger partial charge in [0, 0.05) is 19.5 Å². The lowest BCUT2D eigenvalue weighted by Crippen LogP contribution is -2.25. The highest BCUT2D eigenvalue weighted by molar-refractivity contribution is 5.78. The standard InChI is InChI=1S/C16H20N2O/c19-16-9-6-14-18(16)13-5-4-11-17-12-10-15-7-2-1-3-8-15/h1-3,7-8,17H,6,9-14H2. The molecule has 0 saturated carbocycles. The zero-order valence-electron chi connectivity index (χ0n) is 11.2. The van der Waals surface area contributed by atoms with Crippen LogP contribution >= 0.6 is 0 Å². The molecule has 1 N–H and O–H groups in total. The van der Waals surface area contributed by atoms with E-state index in [0.29, 0.717) is 19.5 Å². The molecular weight excluding hydrogens is 236 g/mol. The number of benzene rings is 1. The summed E-state index contributed by atoms with van der Waals surface area (Å²) in [6.45, 7) is 3.07. The van der Waals surface area contributed by atoms with Crippen molar-refractivity contribution in [3.8, 4) is 11.8 Å². The van der Waals surface area contributed by atoms with Crippen LogP contribution in [-0.4, -0.2) is 37.0 Å². The molecule has 1 fully saturated rings. The van der Waals surface area contributed by atoms with E-state index in [2.05, 4.69) is 41.4 Å². The first-order chi connectivity index (χ1) is 9.36. The Balaban J connectivity index is 1.56. The second kappa shape index (κ2) is 7.60. The van der Waals surface area contributed by atoms with E-state index in [1.54, 1.807) is 0 Å². The number of hydrogen-bond donors (Lipinski definition) is 1. The van der Waals surface area contributed by atoms with Gasteiger partial charge < -0.3 is 10.2 Å². The summed E-state index contributed by atoms with van der Waals surface area (Å²) in [5.74, 6) is 6.36. The molecule has 100 valence electrons. The van der Waals surface area contributed by atoms with Crippen molar-refractivity contribution in [2.24, 2.45) is 0 Å². The van der Waals surface area contributed by atoms with Crippen LogP contribution in [0.15, 0.2) is 30.3 Å². The molecule has 3 nitrogen and oxygen atoms in total. The molecule has 1 aliphatic heterocycles. The average molecular weight is 256 g/mol. The van der Waals surface area contributed by atoms with Crippen LogP contribution in [0.1, 0.15) is 18.4 Å². The summed E-state index contributed by atoms with van der Waals surface area (Å²) in [4.78, 5) is 13.2. The van der Waals surface area contributed by atoms with Crippen molar-refractivity contribution in [2.75, 3.05) is 26.2 Å². The summed E-state index contributed by atoms with van der Waals surface area (Å²) in [7, 11) is 0. The van der Waals surface area contributed by atoms with Gasteiger partial charge in [-0.1, -0.05) is 42.2 Å². The van der Waals surface area contributed by atoms with E-state index < -0.39 is 0 Å². The summed E-state index contributed by atoms with van der Waals surface area (Å²) in [6, 6.07) is 10.4. The summed E-state index contributed by atoms with van der Waals surface area (Å²) in [5.41, 5.74) is 1.34. The van der Waals surface area contributed by atoms with Gasteiger partial charge in [0.25, 0.3) is 0 Å². The van der Waals surface area contributed by atoms with E-state index in [-0.39, 0.29) is 5.91 Å². The number of nitrogens with one attached hydrogen (secondary N) is 1. The van der Waals surface area contributed by atoms with Gasteiger partial charge in [0.05, 0.1) is 13.1 Å². The molecule has 0 bridgehead atoms. The third-order valence-corrected chi connectivity index (χ3v) is 3.21. The Hall–Kier alpha value is -1.79. The molecule has 1 aromatic carbocycles. The minimum Gasteiger partial charge on any atom is -0.332 e. The van der Waals surface area contributed by atoms with Crippen molar-refractivity contribution in [3.05, 3.63) is 35.9 Å². The van der Waals surface area contributed by atoms with Crippen LogP contribution in [-0.2, 0) is 11.2 Å². The molecule has 1 amide bonds. The molecule has 1 saturated heterocycles. The Labute approximate surface area is 115 Å². The predicted molar refractivity (Wildman–Crippen MR) is 76.6 cm³/mol. The van der Waals surface area contributed by atoms with Crippen molar-refractivity contribution < 1.29 is 4.79 Å². The first-order valence-corrected chi connectivity index (χ1v) is 6.84. The lowest BCUT2D eigenvalue weighted by atomic mass is 10.1. The number of nitrogens with zero attached hydrogens (tertiary/aromatic N) is 1. The Morgan fingerprint density at radius 1 is 1.21 bits per heavy atom. The van der Waals surface area contributed by atoms with Gasteiger partial charge in [-0.25, -0.2) is 0 Å². The Morgan fingerprint density at radius 3 is 2.79 bits per heavy atom.